The Hall–Kier alpha value is -2.17. The van der Waals surface area contributed by atoms with Crippen LogP contribution in [0.4, 0.5) is 0 Å². The molecule has 60 heavy (non-hydrogen) atoms. The van der Waals surface area contributed by atoms with Crippen LogP contribution in [0.15, 0.2) is 72.9 Å². The first kappa shape index (κ1) is 57.8. The molecule has 4 heteroatoms. The number of rotatable bonds is 47. The molecule has 0 aromatic heterocycles. The minimum absolute atomic E-state index is 0.0766. The van der Waals surface area contributed by atoms with Crippen LogP contribution in [0.3, 0.4) is 0 Å². The van der Waals surface area contributed by atoms with E-state index in [-0.39, 0.29) is 12.5 Å². The number of hydrogen-bond acceptors (Lipinski definition) is 3. The summed E-state index contributed by atoms with van der Waals surface area (Å²) in [5.41, 5.74) is 0. The van der Waals surface area contributed by atoms with Gasteiger partial charge in [-0.2, -0.15) is 0 Å². The number of carbonyl (C=O) groups is 1. The first-order valence-corrected chi connectivity index (χ1v) is 26.2. The maximum absolute atomic E-state index is 12.4. The van der Waals surface area contributed by atoms with Crippen molar-refractivity contribution in [3.05, 3.63) is 72.9 Å². The number of amides is 1. The molecule has 0 heterocycles. The molecule has 3 N–H and O–H groups in total. The maximum Gasteiger partial charge on any atom is 0.220 e. The molecule has 0 aromatic rings. The van der Waals surface area contributed by atoms with Crippen molar-refractivity contribution < 1.29 is 15.0 Å². The zero-order valence-corrected chi connectivity index (χ0v) is 40.0. The lowest BCUT2D eigenvalue weighted by molar-refractivity contribution is -0.123. The number of nitrogens with one attached hydrogen (secondary N) is 1. The Morgan fingerprint density at radius 3 is 1.17 bits per heavy atom. The molecule has 0 rings (SSSR count). The molecule has 0 spiro atoms. The average molecular weight is 836 g/mol. The SMILES string of the molecule is CC/C=C\C/C=C\C/C=C\C/C=C\CCCCCCCCCCCCCCC(=O)NC(CO)C(O)/C=C/CC/C=C/CCCCCCCCCCCCCCCCCCC. The van der Waals surface area contributed by atoms with Gasteiger partial charge in [0.2, 0.25) is 5.91 Å². The van der Waals surface area contributed by atoms with Crippen molar-refractivity contribution in [1.82, 2.24) is 5.32 Å². The summed E-state index contributed by atoms with van der Waals surface area (Å²) in [6, 6.07) is -0.644. The third-order valence-electron chi connectivity index (χ3n) is 11.7. The topological polar surface area (TPSA) is 69.6 Å². The zero-order chi connectivity index (χ0) is 43.5. The third-order valence-corrected chi connectivity index (χ3v) is 11.7. The Balaban J connectivity index is 3.57. The van der Waals surface area contributed by atoms with E-state index >= 15 is 0 Å². The van der Waals surface area contributed by atoms with Gasteiger partial charge in [-0.05, 0) is 70.6 Å². The number of allylic oxidation sites excluding steroid dienone is 11. The van der Waals surface area contributed by atoms with Crippen molar-refractivity contribution in [2.24, 2.45) is 0 Å². The molecular weight excluding hydrogens is 735 g/mol. The monoisotopic (exact) mass is 836 g/mol. The molecular formula is C56H101NO3. The second-order valence-electron chi connectivity index (χ2n) is 17.6. The molecule has 0 saturated heterocycles. The molecule has 2 atom stereocenters. The highest BCUT2D eigenvalue weighted by atomic mass is 16.3. The van der Waals surface area contributed by atoms with Crippen LogP contribution in [0.25, 0.3) is 0 Å². The van der Waals surface area contributed by atoms with Gasteiger partial charge in [0.1, 0.15) is 0 Å². The van der Waals surface area contributed by atoms with Crippen LogP contribution in [0.1, 0.15) is 258 Å². The van der Waals surface area contributed by atoms with E-state index in [1.165, 1.54) is 180 Å². The van der Waals surface area contributed by atoms with Gasteiger partial charge in [-0.25, -0.2) is 0 Å². The minimum atomic E-state index is -0.867. The van der Waals surface area contributed by atoms with E-state index in [1.54, 1.807) is 6.08 Å². The summed E-state index contributed by atoms with van der Waals surface area (Å²) in [4.78, 5) is 12.4. The van der Waals surface area contributed by atoms with Gasteiger partial charge in [0.05, 0.1) is 18.8 Å². The summed E-state index contributed by atoms with van der Waals surface area (Å²) in [5, 5.41) is 23.1. The van der Waals surface area contributed by atoms with Gasteiger partial charge in [0.25, 0.3) is 0 Å². The summed E-state index contributed by atoms with van der Waals surface area (Å²) in [5.74, 6) is -0.0766. The molecule has 0 aliphatic rings. The van der Waals surface area contributed by atoms with Crippen molar-refractivity contribution in [1.29, 1.82) is 0 Å². The van der Waals surface area contributed by atoms with E-state index in [1.807, 2.05) is 6.08 Å². The fraction of sp³-hybridized carbons (Fsp3) is 0.768. The first-order chi connectivity index (χ1) is 29.7. The number of carbonyl (C=O) groups excluding carboxylic acids is 1. The number of aliphatic hydroxyl groups excluding tert-OH is 2. The molecule has 348 valence electrons. The lowest BCUT2D eigenvalue weighted by atomic mass is 10.0. The second kappa shape index (κ2) is 51.2. The van der Waals surface area contributed by atoms with E-state index in [9.17, 15) is 15.0 Å². The van der Waals surface area contributed by atoms with Gasteiger partial charge in [-0.3, -0.25) is 4.79 Å². The molecule has 0 bridgehead atoms. The standard InChI is InChI=1S/C56H101NO3/c1-3-5-7-9-11-13-15-17-19-21-23-25-27-28-30-32-34-36-38-40-42-44-46-48-50-52-56(60)57-54(53-58)55(59)51-49-47-45-43-41-39-37-35-33-31-29-26-24-22-20-18-16-14-12-10-8-6-4-2/h5,7,11,13,17,19,23,25,41,43,49,51,54-55,58-59H,3-4,6,8-10,12,14-16,18,20-22,24,26-40,42,44-48,50,52-53H2,1-2H3,(H,57,60)/b7-5-,13-11-,19-17-,25-23-,43-41+,51-49+. The van der Waals surface area contributed by atoms with Crippen LogP contribution in [0.2, 0.25) is 0 Å². The lowest BCUT2D eigenvalue weighted by Gasteiger charge is -2.19. The average Bonchev–Trinajstić information content (AvgIpc) is 3.25. The van der Waals surface area contributed by atoms with Crippen molar-refractivity contribution in [3.8, 4) is 0 Å². The summed E-state index contributed by atoms with van der Waals surface area (Å²) < 4.78 is 0. The van der Waals surface area contributed by atoms with Gasteiger partial charge in [0, 0.05) is 6.42 Å². The molecule has 2 unspecified atom stereocenters. The molecule has 0 saturated carbocycles. The highest BCUT2D eigenvalue weighted by Gasteiger charge is 2.17. The fourth-order valence-electron chi connectivity index (χ4n) is 7.72. The molecule has 4 nitrogen and oxygen atoms in total. The van der Waals surface area contributed by atoms with Gasteiger partial charge >= 0.3 is 0 Å². The minimum Gasteiger partial charge on any atom is -0.394 e. The number of unbranched alkanes of at least 4 members (excludes halogenated alkanes) is 30. The summed E-state index contributed by atoms with van der Waals surface area (Å²) in [6.45, 7) is 4.20. The van der Waals surface area contributed by atoms with Crippen molar-refractivity contribution in [3.63, 3.8) is 0 Å². The quantitative estimate of drug-likeness (QED) is 0.0422. The van der Waals surface area contributed by atoms with E-state index in [2.05, 4.69) is 79.9 Å². The van der Waals surface area contributed by atoms with E-state index < -0.39 is 12.1 Å². The Morgan fingerprint density at radius 2 is 0.750 bits per heavy atom. The molecule has 0 aliphatic carbocycles. The van der Waals surface area contributed by atoms with Crippen molar-refractivity contribution in [2.45, 2.75) is 270 Å². The van der Waals surface area contributed by atoms with Crippen LogP contribution >= 0.6 is 0 Å². The smallest absolute Gasteiger partial charge is 0.220 e. The normalized spacial score (nSPS) is 13.5. The molecule has 1 amide bonds. The zero-order valence-electron chi connectivity index (χ0n) is 40.0. The Morgan fingerprint density at radius 1 is 0.417 bits per heavy atom. The van der Waals surface area contributed by atoms with Crippen LogP contribution in [0.5, 0.6) is 0 Å². The van der Waals surface area contributed by atoms with Crippen molar-refractivity contribution >= 4 is 5.91 Å². The van der Waals surface area contributed by atoms with E-state index in [0.29, 0.717) is 6.42 Å². The maximum atomic E-state index is 12.4. The predicted molar refractivity (Wildman–Crippen MR) is 267 cm³/mol. The summed E-state index contributed by atoms with van der Waals surface area (Å²) >= 11 is 0. The first-order valence-electron chi connectivity index (χ1n) is 26.2. The van der Waals surface area contributed by atoms with Crippen LogP contribution in [-0.4, -0.2) is 34.9 Å². The highest BCUT2D eigenvalue weighted by Crippen LogP contribution is 2.16. The Kier molecular flexibility index (Phi) is 49.3. The van der Waals surface area contributed by atoms with Crippen molar-refractivity contribution in [2.75, 3.05) is 6.61 Å². The number of hydrogen-bond donors (Lipinski definition) is 3. The van der Waals surface area contributed by atoms with Gasteiger partial charge < -0.3 is 15.5 Å². The van der Waals surface area contributed by atoms with E-state index in [4.69, 9.17) is 0 Å². The third kappa shape index (κ3) is 46.9. The van der Waals surface area contributed by atoms with Gasteiger partial charge in [0.15, 0.2) is 0 Å². The largest absolute Gasteiger partial charge is 0.394 e. The summed E-state index contributed by atoms with van der Waals surface area (Å²) in [7, 11) is 0. The fourth-order valence-corrected chi connectivity index (χ4v) is 7.72. The Labute approximate surface area is 374 Å². The van der Waals surface area contributed by atoms with Crippen LogP contribution in [-0.2, 0) is 4.79 Å². The van der Waals surface area contributed by atoms with Gasteiger partial charge in [-0.15, -0.1) is 0 Å². The summed E-state index contributed by atoms with van der Waals surface area (Å²) in [6.07, 6.45) is 73.3. The second-order valence-corrected chi connectivity index (χ2v) is 17.6. The van der Waals surface area contributed by atoms with Gasteiger partial charge in [-0.1, -0.05) is 254 Å². The van der Waals surface area contributed by atoms with Crippen LogP contribution in [0, 0.1) is 0 Å². The number of aliphatic hydroxyl groups is 2. The van der Waals surface area contributed by atoms with Crippen LogP contribution < -0.4 is 5.32 Å². The Bertz CT molecular complexity index is 1040. The molecule has 0 aliphatic heterocycles. The molecule has 0 fully saturated rings. The van der Waals surface area contributed by atoms with E-state index in [0.717, 1.165) is 57.8 Å². The predicted octanol–water partition coefficient (Wildman–Crippen LogP) is 17.0. The molecule has 0 aromatic carbocycles. The lowest BCUT2D eigenvalue weighted by Crippen LogP contribution is -2.45. The highest BCUT2D eigenvalue weighted by molar-refractivity contribution is 5.76. The molecule has 0 radical (unpaired) electrons.